The van der Waals surface area contributed by atoms with E-state index in [1.807, 2.05) is 18.2 Å². The van der Waals surface area contributed by atoms with E-state index in [1.54, 1.807) is 11.3 Å². The van der Waals surface area contributed by atoms with Crippen LogP contribution in [0.4, 0.5) is 0 Å². The molecule has 0 radical (unpaired) electrons. The van der Waals surface area contributed by atoms with Crippen molar-refractivity contribution in [2.24, 2.45) is 11.7 Å². The second kappa shape index (κ2) is 7.93. The summed E-state index contributed by atoms with van der Waals surface area (Å²) in [6, 6.07) is 8.08. The monoisotopic (exact) mass is 360 g/mol. The Labute approximate surface area is 151 Å². The normalized spacial score (nSPS) is 17.5. The fourth-order valence-corrected chi connectivity index (χ4v) is 4.11. The maximum Gasteiger partial charge on any atom is 0.234 e. The third-order valence-electron chi connectivity index (χ3n) is 4.69. The van der Waals surface area contributed by atoms with Gasteiger partial charge in [-0.05, 0) is 38.1 Å². The summed E-state index contributed by atoms with van der Waals surface area (Å²) < 4.78 is 1.17. The molecule has 6 nitrogen and oxygen atoms in total. The first-order chi connectivity index (χ1) is 12.0. The molecule has 134 valence electrons. The van der Waals surface area contributed by atoms with Gasteiger partial charge in [-0.15, -0.1) is 11.3 Å². The number of carbonyl (C=O) groups is 2. The summed E-state index contributed by atoms with van der Waals surface area (Å²) in [4.78, 5) is 30.1. The molecule has 1 aliphatic rings. The Kier molecular flexibility index (Phi) is 5.65. The second-order valence-corrected chi connectivity index (χ2v) is 7.74. The van der Waals surface area contributed by atoms with Crippen LogP contribution in [0.1, 0.15) is 30.7 Å². The third-order valence-corrected chi connectivity index (χ3v) is 5.96. The molecule has 1 saturated heterocycles. The van der Waals surface area contributed by atoms with Crippen molar-refractivity contribution in [2.45, 2.75) is 25.7 Å². The number of carbonyl (C=O) groups excluding carboxylic acids is 2. The number of piperidine rings is 1. The molecule has 1 aromatic heterocycles. The van der Waals surface area contributed by atoms with E-state index in [9.17, 15) is 9.59 Å². The number of primary amides is 1. The number of fused-ring (bicyclic) bond motifs is 1. The highest BCUT2D eigenvalue weighted by Crippen LogP contribution is 2.26. The Hall–Kier alpha value is -1.99. The van der Waals surface area contributed by atoms with Crippen LogP contribution in [0.2, 0.25) is 0 Å². The van der Waals surface area contributed by atoms with Crippen molar-refractivity contribution >= 4 is 33.4 Å². The van der Waals surface area contributed by atoms with Gasteiger partial charge in [-0.1, -0.05) is 19.1 Å². The zero-order valence-corrected chi connectivity index (χ0v) is 15.2. The van der Waals surface area contributed by atoms with E-state index >= 15 is 0 Å². The van der Waals surface area contributed by atoms with Crippen molar-refractivity contribution in [2.75, 3.05) is 26.2 Å². The van der Waals surface area contributed by atoms with Crippen LogP contribution in [0.3, 0.4) is 0 Å². The number of nitrogens with zero attached hydrogens (tertiary/aromatic N) is 2. The number of para-hydroxylation sites is 1. The molecule has 25 heavy (non-hydrogen) atoms. The van der Waals surface area contributed by atoms with Gasteiger partial charge in [0, 0.05) is 18.4 Å². The van der Waals surface area contributed by atoms with Crippen LogP contribution in [0.15, 0.2) is 24.3 Å². The SMILES string of the molecule is CC(CNC(=O)CN1CCC(C(N)=O)CC1)c1nc2ccccc2s1. The number of nitrogens with one attached hydrogen (secondary N) is 1. The zero-order valence-electron chi connectivity index (χ0n) is 14.4. The zero-order chi connectivity index (χ0) is 17.8. The topological polar surface area (TPSA) is 88.3 Å². The molecule has 1 fully saturated rings. The summed E-state index contributed by atoms with van der Waals surface area (Å²) in [6.45, 7) is 4.52. The lowest BCUT2D eigenvalue weighted by Gasteiger charge is -2.29. The third kappa shape index (κ3) is 4.55. The lowest BCUT2D eigenvalue weighted by atomic mass is 9.96. The lowest BCUT2D eigenvalue weighted by Crippen LogP contribution is -2.44. The number of nitrogens with two attached hydrogens (primary N) is 1. The van der Waals surface area contributed by atoms with E-state index in [1.165, 1.54) is 4.70 Å². The molecule has 0 aliphatic carbocycles. The Balaban J connectivity index is 1.45. The van der Waals surface area contributed by atoms with E-state index in [0.29, 0.717) is 13.1 Å². The van der Waals surface area contributed by atoms with Gasteiger partial charge < -0.3 is 11.1 Å². The van der Waals surface area contributed by atoms with Crippen molar-refractivity contribution in [1.82, 2.24) is 15.2 Å². The predicted octanol–water partition coefficient (Wildman–Crippen LogP) is 1.71. The molecule has 1 unspecified atom stereocenters. The summed E-state index contributed by atoms with van der Waals surface area (Å²) in [5.74, 6) is -0.0698. The van der Waals surface area contributed by atoms with Crippen LogP contribution in [0.25, 0.3) is 10.2 Å². The molecular weight excluding hydrogens is 336 g/mol. The van der Waals surface area contributed by atoms with Gasteiger partial charge >= 0.3 is 0 Å². The average molecular weight is 360 g/mol. The fraction of sp³-hybridized carbons (Fsp3) is 0.500. The molecule has 0 bridgehead atoms. The maximum atomic E-state index is 12.2. The van der Waals surface area contributed by atoms with Gasteiger partial charge in [0.1, 0.15) is 0 Å². The molecule has 3 rings (SSSR count). The van der Waals surface area contributed by atoms with Gasteiger partial charge in [-0.2, -0.15) is 0 Å². The van der Waals surface area contributed by atoms with Crippen molar-refractivity contribution in [3.05, 3.63) is 29.3 Å². The molecule has 7 heteroatoms. The van der Waals surface area contributed by atoms with Crippen LogP contribution in [0, 0.1) is 5.92 Å². The molecule has 1 aliphatic heterocycles. The molecule has 2 heterocycles. The number of aromatic nitrogens is 1. The van der Waals surface area contributed by atoms with E-state index in [0.717, 1.165) is 36.5 Å². The number of amides is 2. The standard InChI is InChI=1S/C18H24N4O2S/c1-12(18-21-14-4-2-3-5-15(14)25-18)10-20-16(23)11-22-8-6-13(7-9-22)17(19)24/h2-5,12-13H,6-11H2,1H3,(H2,19,24)(H,20,23). The van der Waals surface area contributed by atoms with Gasteiger partial charge in [0.2, 0.25) is 11.8 Å². The van der Waals surface area contributed by atoms with E-state index in [-0.39, 0.29) is 23.7 Å². The Morgan fingerprint density at radius 2 is 2.08 bits per heavy atom. The van der Waals surface area contributed by atoms with Gasteiger partial charge in [0.25, 0.3) is 0 Å². The quantitative estimate of drug-likeness (QED) is 0.821. The molecule has 2 aromatic rings. The van der Waals surface area contributed by atoms with Gasteiger partial charge in [0.05, 0.1) is 21.8 Å². The van der Waals surface area contributed by atoms with E-state index in [4.69, 9.17) is 5.73 Å². The van der Waals surface area contributed by atoms with E-state index < -0.39 is 0 Å². The Morgan fingerprint density at radius 1 is 1.36 bits per heavy atom. The highest BCUT2D eigenvalue weighted by molar-refractivity contribution is 7.18. The Bertz CT molecular complexity index is 719. The van der Waals surface area contributed by atoms with Gasteiger partial charge in [-0.3, -0.25) is 14.5 Å². The number of hydrogen-bond donors (Lipinski definition) is 2. The first-order valence-electron chi connectivity index (χ1n) is 8.66. The molecule has 1 atom stereocenters. The van der Waals surface area contributed by atoms with E-state index in [2.05, 4.69) is 28.2 Å². The first-order valence-corrected chi connectivity index (χ1v) is 9.48. The van der Waals surface area contributed by atoms with Crippen molar-refractivity contribution in [3.63, 3.8) is 0 Å². The molecule has 1 aromatic carbocycles. The second-order valence-electron chi connectivity index (χ2n) is 6.68. The summed E-state index contributed by atoms with van der Waals surface area (Å²) >= 11 is 1.68. The first kappa shape index (κ1) is 17.8. The smallest absolute Gasteiger partial charge is 0.234 e. The van der Waals surface area contributed by atoms with Crippen molar-refractivity contribution in [3.8, 4) is 0 Å². The van der Waals surface area contributed by atoms with Crippen LogP contribution in [-0.2, 0) is 9.59 Å². The van der Waals surface area contributed by atoms with Crippen LogP contribution in [-0.4, -0.2) is 47.9 Å². The van der Waals surface area contributed by atoms with Crippen molar-refractivity contribution < 1.29 is 9.59 Å². The Morgan fingerprint density at radius 3 is 2.76 bits per heavy atom. The summed E-state index contributed by atoms with van der Waals surface area (Å²) in [5.41, 5.74) is 6.35. The number of hydrogen-bond acceptors (Lipinski definition) is 5. The van der Waals surface area contributed by atoms with Crippen molar-refractivity contribution in [1.29, 1.82) is 0 Å². The number of rotatable bonds is 6. The van der Waals surface area contributed by atoms with Crippen LogP contribution in [0.5, 0.6) is 0 Å². The summed E-state index contributed by atoms with van der Waals surface area (Å²) in [5, 5.41) is 4.05. The summed E-state index contributed by atoms with van der Waals surface area (Å²) in [6.07, 6.45) is 1.48. The maximum absolute atomic E-state index is 12.2. The number of benzene rings is 1. The average Bonchev–Trinajstić information content (AvgIpc) is 3.04. The minimum Gasteiger partial charge on any atom is -0.369 e. The highest BCUT2D eigenvalue weighted by Gasteiger charge is 2.24. The predicted molar refractivity (Wildman–Crippen MR) is 99.4 cm³/mol. The van der Waals surface area contributed by atoms with Gasteiger partial charge in [0.15, 0.2) is 0 Å². The lowest BCUT2D eigenvalue weighted by molar-refractivity contribution is -0.124. The molecule has 0 saturated carbocycles. The van der Waals surface area contributed by atoms with Crippen LogP contribution >= 0.6 is 11.3 Å². The molecule has 3 N–H and O–H groups in total. The highest BCUT2D eigenvalue weighted by atomic mass is 32.1. The minimum atomic E-state index is -0.228. The van der Waals surface area contributed by atoms with Gasteiger partial charge in [-0.25, -0.2) is 4.98 Å². The molecule has 0 spiro atoms. The van der Waals surface area contributed by atoms with Crippen LogP contribution < -0.4 is 11.1 Å². The summed E-state index contributed by atoms with van der Waals surface area (Å²) in [7, 11) is 0. The number of thiazole rings is 1. The fourth-order valence-electron chi connectivity index (χ4n) is 3.09. The molecule has 2 amide bonds. The minimum absolute atomic E-state index is 0.0190. The largest absolute Gasteiger partial charge is 0.369 e. The number of likely N-dealkylation sites (tertiary alicyclic amines) is 1. The molecular formula is C18H24N4O2S.